The van der Waals surface area contributed by atoms with Gasteiger partial charge in [-0.2, -0.15) is 5.10 Å². The molecule has 1 aromatic heterocycles. The molecule has 6 heteroatoms. The summed E-state index contributed by atoms with van der Waals surface area (Å²) in [4.78, 5) is 8.34. The fourth-order valence-electron chi connectivity index (χ4n) is 3.32. The molecule has 144 valence electrons. The van der Waals surface area contributed by atoms with Crippen LogP contribution in [0.3, 0.4) is 0 Å². The topological polar surface area (TPSA) is 67.1 Å². The van der Waals surface area contributed by atoms with Crippen molar-refractivity contribution in [3.8, 4) is 11.1 Å². The predicted molar refractivity (Wildman–Crippen MR) is 112 cm³/mol. The quantitative estimate of drug-likeness (QED) is 0.514. The van der Waals surface area contributed by atoms with Crippen LogP contribution >= 0.6 is 0 Å². The lowest BCUT2D eigenvalue weighted by molar-refractivity contribution is 0.685. The summed E-state index contributed by atoms with van der Waals surface area (Å²) in [6.07, 6.45) is 4.51. The van der Waals surface area contributed by atoms with Crippen molar-refractivity contribution in [3.63, 3.8) is 0 Å². The summed E-state index contributed by atoms with van der Waals surface area (Å²) in [6, 6.07) is 17.7. The van der Waals surface area contributed by atoms with E-state index in [1.54, 1.807) is 12.7 Å². The van der Waals surface area contributed by atoms with Crippen LogP contribution in [0.4, 0.5) is 0 Å². The van der Waals surface area contributed by atoms with Crippen LogP contribution in [0.15, 0.2) is 66.2 Å². The van der Waals surface area contributed by atoms with E-state index in [9.17, 15) is 0 Å². The molecule has 0 spiro atoms. The van der Waals surface area contributed by atoms with Crippen LogP contribution in [0.1, 0.15) is 24.5 Å². The van der Waals surface area contributed by atoms with E-state index in [1.807, 2.05) is 11.7 Å². The lowest BCUT2D eigenvalue weighted by Gasteiger charge is -2.14. The Hall–Kier alpha value is -3.15. The molecule has 3 aromatic rings. The molecule has 0 radical (unpaired) electrons. The Balaban J connectivity index is 1.44. The molecule has 2 N–H and O–H groups in total. The number of nitrogens with zero attached hydrogens (tertiary/aromatic N) is 4. The minimum Gasteiger partial charge on any atom is -0.353 e. The van der Waals surface area contributed by atoms with E-state index < -0.39 is 0 Å². The van der Waals surface area contributed by atoms with Crippen molar-refractivity contribution in [2.45, 2.75) is 32.5 Å². The Bertz CT molecular complexity index is 930. The second kappa shape index (κ2) is 8.25. The number of benzene rings is 2. The maximum absolute atomic E-state index is 4.35. The number of hydrogen-bond donors (Lipinski definition) is 2. The second-order valence-electron chi connectivity index (χ2n) is 7.34. The number of nitrogens with one attached hydrogen (secondary N) is 2. The maximum Gasteiger partial charge on any atom is 0.191 e. The van der Waals surface area contributed by atoms with Gasteiger partial charge in [-0.15, -0.1) is 0 Å². The zero-order chi connectivity index (χ0) is 19.3. The van der Waals surface area contributed by atoms with Gasteiger partial charge in [0.1, 0.15) is 12.7 Å². The predicted octanol–water partition coefficient (Wildman–Crippen LogP) is 3.07. The van der Waals surface area contributed by atoms with Gasteiger partial charge in [0.2, 0.25) is 0 Å². The highest BCUT2D eigenvalue weighted by molar-refractivity contribution is 5.80. The number of hydrogen-bond acceptors (Lipinski definition) is 3. The van der Waals surface area contributed by atoms with Crippen molar-refractivity contribution in [2.24, 2.45) is 10.9 Å². The Morgan fingerprint density at radius 1 is 1.18 bits per heavy atom. The van der Waals surface area contributed by atoms with E-state index in [0.717, 1.165) is 25.0 Å². The molecular formula is C22H26N6. The van der Waals surface area contributed by atoms with E-state index in [-0.39, 0.29) is 0 Å². The van der Waals surface area contributed by atoms with Gasteiger partial charge in [0.25, 0.3) is 0 Å². The van der Waals surface area contributed by atoms with Gasteiger partial charge in [-0.05, 0) is 34.6 Å². The zero-order valence-electron chi connectivity index (χ0n) is 16.3. The molecule has 2 unspecified atom stereocenters. The molecule has 1 heterocycles. The number of aliphatic imine (C=N–C) groups is 1. The van der Waals surface area contributed by atoms with Gasteiger partial charge in [-0.1, -0.05) is 55.5 Å². The Labute approximate surface area is 165 Å². The normalized spacial score (nSPS) is 18.7. The monoisotopic (exact) mass is 374 g/mol. The molecule has 1 saturated carbocycles. The molecule has 1 aliphatic carbocycles. The minimum atomic E-state index is 0.555. The summed E-state index contributed by atoms with van der Waals surface area (Å²) in [7, 11) is 1.82. The van der Waals surface area contributed by atoms with Gasteiger partial charge in [0.05, 0.1) is 6.54 Å². The number of guanidine groups is 1. The molecule has 2 atom stereocenters. The van der Waals surface area contributed by atoms with Gasteiger partial charge in [-0.25, -0.2) is 9.67 Å². The first-order valence-corrected chi connectivity index (χ1v) is 9.70. The van der Waals surface area contributed by atoms with Gasteiger partial charge in [-0.3, -0.25) is 4.99 Å². The summed E-state index contributed by atoms with van der Waals surface area (Å²) in [5, 5.41) is 11.1. The second-order valence-corrected chi connectivity index (χ2v) is 7.34. The highest BCUT2D eigenvalue weighted by Crippen LogP contribution is 2.29. The van der Waals surface area contributed by atoms with Crippen LogP contribution in [0, 0.1) is 5.92 Å². The Morgan fingerprint density at radius 3 is 2.64 bits per heavy atom. The van der Waals surface area contributed by atoms with E-state index >= 15 is 0 Å². The molecule has 0 amide bonds. The third kappa shape index (κ3) is 4.39. The van der Waals surface area contributed by atoms with Crippen LogP contribution in [0.25, 0.3) is 11.1 Å². The smallest absolute Gasteiger partial charge is 0.191 e. The highest BCUT2D eigenvalue weighted by Gasteiger charge is 2.33. The molecule has 0 bridgehead atoms. The average molecular weight is 374 g/mol. The first-order chi connectivity index (χ1) is 13.7. The number of rotatable bonds is 6. The summed E-state index contributed by atoms with van der Waals surface area (Å²) < 4.78 is 1.83. The molecule has 4 rings (SSSR count). The van der Waals surface area contributed by atoms with Crippen molar-refractivity contribution >= 4 is 5.96 Å². The van der Waals surface area contributed by atoms with Crippen molar-refractivity contribution in [3.05, 3.63) is 72.3 Å². The standard InChI is InChI=1S/C22H26N6/c1-16-11-21(16)27-22(23-2)25-12-19-5-3-4-6-20(19)18-9-7-17(8-10-18)13-28-15-24-14-26-28/h3-10,14-16,21H,11-13H2,1-2H3,(H2,23,25,27). The third-order valence-corrected chi connectivity index (χ3v) is 5.19. The summed E-state index contributed by atoms with van der Waals surface area (Å²) in [6.45, 7) is 3.72. The maximum atomic E-state index is 4.35. The summed E-state index contributed by atoms with van der Waals surface area (Å²) in [5.74, 6) is 1.61. The van der Waals surface area contributed by atoms with Crippen LogP contribution in [-0.2, 0) is 13.1 Å². The summed E-state index contributed by atoms with van der Waals surface area (Å²) in [5.41, 5.74) is 4.89. The highest BCUT2D eigenvalue weighted by atomic mass is 15.3. The van der Waals surface area contributed by atoms with Crippen molar-refractivity contribution < 1.29 is 0 Å². The molecule has 1 aliphatic rings. The van der Waals surface area contributed by atoms with Crippen LogP contribution in [0.2, 0.25) is 0 Å². The molecule has 0 aliphatic heterocycles. The van der Waals surface area contributed by atoms with Gasteiger partial charge in [0.15, 0.2) is 5.96 Å². The van der Waals surface area contributed by atoms with Gasteiger partial charge >= 0.3 is 0 Å². The van der Waals surface area contributed by atoms with Crippen molar-refractivity contribution in [2.75, 3.05) is 7.05 Å². The first-order valence-electron chi connectivity index (χ1n) is 9.70. The van der Waals surface area contributed by atoms with E-state index in [4.69, 9.17) is 0 Å². The molecule has 2 aromatic carbocycles. The first kappa shape index (κ1) is 18.2. The largest absolute Gasteiger partial charge is 0.353 e. The minimum absolute atomic E-state index is 0.555. The molecule has 0 saturated heterocycles. The fraction of sp³-hybridized carbons (Fsp3) is 0.318. The third-order valence-electron chi connectivity index (χ3n) is 5.19. The van der Waals surface area contributed by atoms with E-state index in [0.29, 0.717) is 6.04 Å². The molecular weight excluding hydrogens is 348 g/mol. The average Bonchev–Trinajstić information content (AvgIpc) is 3.18. The van der Waals surface area contributed by atoms with Crippen molar-refractivity contribution in [1.29, 1.82) is 0 Å². The molecule has 28 heavy (non-hydrogen) atoms. The SMILES string of the molecule is CN=C(NCc1ccccc1-c1ccc(Cn2cncn2)cc1)NC1CC1C. The summed E-state index contributed by atoms with van der Waals surface area (Å²) >= 11 is 0. The van der Waals surface area contributed by atoms with E-state index in [2.05, 4.69) is 81.2 Å². The number of aromatic nitrogens is 3. The van der Waals surface area contributed by atoms with Gasteiger partial charge in [0, 0.05) is 19.6 Å². The van der Waals surface area contributed by atoms with Crippen LogP contribution < -0.4 is 10.6 Å². The lowest BCUT2D eigenvalue weighted by atomic mass is 9.98. The van der Waals surface area contributed by atoms with Crippen molar-refractivity contribution in [1.82, 2.24) is 25.4 Å². The lowest BCUT2D eigenvalue weighted by Crippen LogP contribution is -2.38. The Kier molecular flexibility index (Phi) is 5.37. The van der Waals surface area contributed by atoms with Gasteiger partial charge < -0.3 is 10.6 Å². The molecule has 1 fully saturated rings. The Morgan fingerprint density at radius 2 is 1.96 bits per heavy atom. The van der Waals surface area contributed by atoms with Crippen LogP contribution in [0.5, 0.6) is 0 Å². The van der Waals surface area contributed by atoms with Crippen LogP contribution in [-0.4, -0.2) is 33.8 Å². The van der Waals surface area contributed by atoms with E-state index in [1.165, 1.54) is 28.7 Å². The molecule has 6 nitrogen and oxygen atoms in total. The fourth-order valence-corrected chi connectivity index (χ4v) is 3.32. The zero-order valence-corrected chi connectivity index (χ0v) is 16.3.